The summed E-state index contributed by atoms with van der Waals surface area (Å²) in [7, 11) is 1.33. The molecule has 0 amide bonds. The van der Waals surface area contributed by atoms with Gasteiger partial charge in [-0.05, 0) is 30.5 Å². The second kappa shape index (κ2) is 5.71. The summed E-state index contributed by atoms with van der Waals surface area (Å²) in [4.78, 5) is 24.5. The Hall–Kier alpha value is -2.08. The first-order valence-corrected chi connectivity index (χ1v) is 5.98. The summed E-state index contributed by atoms with van der Waals surface area (Å²) in [5.74, 6) is -0.813. The van der Waals surface area contributed by atoms with Crippen molar-refractivity contribution >= 4 is 17.1 Å². The van der Waals surface area contributed by atoms with Crippen molar-refractivity contribution in [3.63, 3.8) is 0 Å². The molecule has 19 heavy (non-hydrogen) atoms. The van der Waals surface area contributed by atoms with Crippen LogP contribution in [0.2, 0.25) is 0 Å². The van der Waals surface area contributed by atoms with Gasteiger partial charge in [-0.1, -0.05) is 6.07 Å². The fourth-order valence-corrected chi connectivity index (χ4v) is 1.88. The lowest BCUT2D eigenvalue weighted by Crippen LogP contribution is -2.02. The summed E-state index contributed by atoms with van der Waals surface area (Å²) in [6, 6.07) is 5.02. The lowest BCUT2D eigenvalue weighted by Gasteiger charge is -2.10. The maximum atomic E-state index is 11.0. The number of aliphatic hydroxyl groups is 1. The molecule has 6 heteroatoms. The quantitative estimate of drug-likeness (QED) is 0.799. The van der Waals surface area contributed by atoms with Gasteiger partial charge in [-0.3, -0.25) is 9.78 Å². The van der Waals surface area contributed by atoms with Crippen LogP contribution in [-0.2, 0) is 9.53 Å². The third kappa shape index (κ3) is 3.23. The highest BCUT2D eigenvalue weighted by Crippen LogP contribution is 2.22. The standard InChI is InChI=1S/C13H15NO5/c1-18-12(16)4-2-3-10(15)8-5-6-9-11(7-8)19-13(17)14-9/h5-7,10,15H,2-4H2,1H3,(H,14,17). The Morgan fingerprint density at radius 3 is 3.05 bits per heavy atom. The highest BCUT2D eigenvalue weighted by Gasteiger charge is 2.11. The Bertz CT molecular complexity index is 627. The number of aromatic amines is 1. The lowest BCUT2D eigenvalue weighted by molar-refractivity contribution is -0.140. The number of ether oxygens (including phenoxy) is 1. The minimum atomic E-state index is -0.700. The monoisotopic (exact) mass is 265 g/mol. The van der Waals surface area contributed by atoms with Crippen molar-refractivity contribution in [2.75, 3.05) is 7.11 Å². The van der Waals surface area contributed by atoms with Crippen LogP contribution in [0.15, 0.2) is 27.4 Å². The van der Waals surface area contributed by atoms with E-state index < -0.39 is 11.9 Å². The average Bonchev–Trinajstić information content (AvgIpc) is 2.77. The molecule has 6 nitrogen and oxygen atoms in total. The zero-order valence-electron chi connectivity index (χ0n) is 10.5. The molecule has 0 radical (unpaired) electrons. The van der Waals surface area contributed by atoms with E-state index in [2.05, 4.69) is 9.72 Å². The number of hydrogen-bond acceptors (Lipinski definition) is 5. The van der Waals surface area contributed by atoms with E-state index in [0.29, 0.717) is 29.5 Å². The first-order valence-electron chi connectivity index (χ1n) is 5.98. The van der Waals surface area contributed by atoms with Gasteiger partial charge in [-0.2, -0.15) is 0 Å². The van der Waals surface area contributed by atoms with E-state index in [1.54, 1.807) is 18.2 Å². The minimum Gasteiger partial charge on any atom is -0.469 e. The van der Waals surface area contributed by atoms with E-state index in [1.807, 2.05) is 0 Å². The van der Waals surface area contributed by atoms with Crippen LogP contribution in [0.5, 0.6) is 0 Å². The SMILES string of the molecule is COC(=O)CCCC(O)c1ccc2[nH]c(=O)oc2c1. The third-order valence-electron chi connectivity index (χ3n) is 2.92. The molecule has 1 unspecified atom stereocenters. The Labute approximate surface area is 109 Å². The van der Waals surface area contributed by atoms with Crippen LogP contribution < -0.4 is 5.76 Å². The van der Waals surface area contributed by atoms with Crippen LogP contribution in [-0.4, -0.2) is 23.2 Å². The van der Waals surface area contributed by atoms with Crippen LogP contribution in [0, 0.1) is 0 Å². The molecule has 102 valence electrons. The Balaban J connectivity index is 2.02. The second-order valence-corrected chi connectivity index (χ2v) is 4.25. The van der Waals surface area contributed by atoms with Crippen molar-refractivity contribution in [3.05, 3.63) is 34.3 Å². The van der Waals surface area contributed by atoms with Gasteiger partial charge in [-0.15, -0.1) is 0 Å². The minimum absolute atomic E-state index is 0.273. The number of H-pyrrole nitrogens is 1. The molecular formula is C13H15NO5. The van der Waals surface area contributed by atoms with Crippen LogP contribution in [0.4, 0.5) is 0 Å². The molecule has 0 saturated carbocycles. The number of aliphatic hydroxyl groups excluding tert-OH is 1. The molecule has 0 fully saturated rings. The molecule has 2 rings (SSSR count). The number of rotatable bonds is 5. The Kier molecular flexibility index (Phi) is 4.01. The molecule has 1 heterocycles. The average molecular weight is 265 g/mol. The predicted molar refractivity (Wildman–Crippen MR) is 67.7 cm³/mol. The van der Waals surface area contributed by atoms with Gasteiger partial charge in [0.1, 0.15) is 0 Å². The second-order valence-electron chi connectivity index (χ2n) is 4.25. The number of esters is 1. The van der Waals surface area contributed by atoms with E-state index >= 15 is 0 Å². The molecule has 0 spiro atoms. The van der Waals surface area contributed by atoms with E-state index in [4.69, 9.17) is 4.42 Å². The molecule has 1 aromatic heterocycles. The van der Waals surface area contributed by atoms with Crippen LogP contribution in [0.3, 0.4) is 0 Å². The molecule has 1 aromatic carbocycles. The van der Waals surface area contributed by atoms with Gasteiger partial charge in [0.15, 0.2) is 5.58 Å². The molecule has 0 bridgehead atoms. The van der Waals surface area contributed by atoms with Crippen LogP contribution in [0.25, 0.3) is 11.1 Å². The van der Waals surface area contributed by atoms with Gasteiger partial charge in [0.05, 0.1) is 18.7 Å². The number of methoxy groups -OCH3 is 1. The maximum absolute atomic E-state index is 11.0. The predicted octanol–water partition coefficient (Wildman–Crippen LogP) is 1.50. The Morgan fingerprint density at radius 1 is 1.53 bits per heavy atom. The van der Waals surface area contributed by atoms with Crippen molar-refractivity contribution in [2.24, 2.45) is 0 Å². The lowest BCUT2D eigenvalue weighted by atomic mass is 10.0. The number of fused-ring (bicyclic) bond motifs is 1. The van der Waals surface area contributed by atoms with Gasteiger partial charge in [-0.25, -0.2) is 4.79 Å². The summed E-state index contributed by atoms with van der Waals surface area (Å²) < 4.78 is 9.45. The third-order valence-corrected chi connectivity index (χ3v) is 2.92. The van der Waals surface area contributed by atoms with Gasteiger partial charge in [0.25, 0.3) is 0 Å². The summed E-state index contributed by atoms with van der Waals surface area (Å²) in [6.45, 7) is 0. The summed E-state index contributed by atoms with van der Waals surface area (Å²) in [5.41, 5.74) is 1.66. The molecule has 0 saturated heterocycles. The van der Waals surface area contributed by atoms with Crippen LogP contribution >= 0.6 is 0 Å². The summed E-state index contributed by atoms with van der Waals surface area (Å²) in [6.07, 6.45) is 0.544. The number of hydrogen-bond donors (Lipinski definition) is 2. The highest BCUT2D eigenvalue weighted by molar-refractivity contribution is 5.72. The van der Waals surface area contributed by atoms with E-state index in [1.165, 1.54) is 7.11 Å². The topological polar surface area (TPSA) is 92.5 Å². The van der Waals surface area contributed by atoms with Crippen LogP contribution in [0.1, 0.15) is 30.9 Å². The Morgan fingerprint density at radius 2 is 2.32 bits per heavy atom. The van der Waals surface area contributed by atoms with Crippen molar-refractivity contribution in [2.45, 2.75) is 25.4 Å². The molecule has 0 aliphatic carbocycles. The highest BCUT2D eigenvalue weighted by atomic mass is 16.5. The maximum Gasteiger partial charge on any atom is 0.417 e. The first kappa shape index (κ1) is 13.4. The molecule has 0 aliphatic heterocycles. The van der Waals surface area contributed by atoms with E-state index in [9.17, 15) is 14.7 Å². The number of oxazole rings is 1. The number of carbonyl (C=O) groups is 1. The molecule has 0 aliphatic rings. The molecular weight excluding hydrogens is 250 g/mol. The van der Waals surface area contributed by atoms with Gasteiger partial charge >= 0.3 is 11.7 Å². The van der Waals surface area contributed by atoms with Crippen molar-refractivity contribution < 1.29 is 19.1 Å². The summed E-state index contributed by atoms with van der Waals surface area (Å²) in [5, 5.41) is 9.99. The van der Waals surface area contributed by atoms with Crippen molar-refractivity contribution in [1.29, 1.82) is 0 Å². The van der Waals surface area contributed by atoms with Gasteiger partial charge < -0.3 is 14.3 Å². The molecule has 1 atom stereocenters. The number of benzene rings is 1. The number of nitrogens with one attached hydrogen (secondary N) is 1. The van der Waals surface area contributed by atoms with E-state index in [0.717, 1.165) is 0 Å². The molecule has 2 aromatic rings. The normalized spacial score (nSPS) is 12.5. The van der Waals surface area contributed by atoms with Gasteiger partial charge in [0.2, 0.25) is 0 Å². The van der Waals surface area contributed by atoms with E-state index in [-0.39, 0.29) is 12.4 Å². The largest absolute Gasteiger partial charge is 0.469 e. The number of aromatic nitrogens is 1. The number of carbonyl (C=O) groups excluding carboxylic acids is 1. The smallest absolute Gasteiger partial charge is 0.417 e. The fourth-order valence-electron chi connectivity index (χ4n) is 1.88. The first-order chi connectivity index (χ1) is 9.10. The summed E-state index contributed by atoms with van der Waals surface area (Å²) >= 11 is 0. The fraction of sp³-hybridized carbons (Fsp3) is 0.385. The molecule has 2 N–H and O–H groups in total. The van der Waals surface area contributed by atoms with Gasteiger partial charge in [0, 0.05) is 6.42 Å². The zero-order chi connectivity index (χ0) is 13.8. The zero-order valence-corrected chi connectivity index (χ0v) is 10.5. The van der Waals surface area contributed by atoms with Crippen molar-refractivity contribution in [1.82, 2.24) is 4.98 Å². The van der Waals surface area contributed by atoms with Crippen molar-refractivity contribution in [3.8, 4) is 0 Å².